The summed E-state index contributed by atoms with van der Waals surface area (Å²) < 4.78 is 0. The van der Waals surface area contributed by atoms with Gasteiger partial charge in [0, 0.05) is 13.1 Å². The van der Waals surface area contributed by atoms with E-state index in [0.717, 1.165) is 19.4 Å². The van der Waals surface area contributed by atoms with Crippen LogP contribution >= 0.6 is 0 Å². The lowest BCUT2D eigenvalue weighted by molar-refractivity contribution is -0.317. The number of hydrogen-bond acceptors (Lipinski definition) is 2. The molecule has 1 aromatic carbocycles. The van der Waals surface area contributed by atoms with Gasteiger partial charge in [-0.25, -0.2) is 4.79 Å². The summed E-state index contributed by atoms with van der Waals surface area (Å²) in [5.41, 5.74) is 6.32. The van der Waals surface area contributed by atoms with Crippen molar-refractivity contribution in [2.75, 3.05) is 13.1 Å². The van der Waals surface area contributed by atoms with Crippen LogP contribution in [0.2, 0.25) is 0 Å². The SMILES string of the molecule is CC(C)(CCCCCN1CCc2ccccc2C1)C([NH3+])=O. The van der Waals surface area contributed by atoms with Crippen LogP contribution in [0.4, 0.5) is 0 Å². The highest BCUT2D eigenvalue weighted by atomic mass is 16.1. The van der Waals surface area contributed by atoms with Crippen LogP contribution < -0.4 is 5.73 Å². The van der Waals surface area contributed by atoms with Gasteiger partial charge in [-0.15, -0.1) is 0 Å². The zero-order valence-corrected chi connectivity index (χ0v) is 13.5. The average molecular weight is 289 g/mol. The van der Waals surface area contributed by atoms with Crippen LogP contribution in [-0.4, -0.2) is 23.9 Å². The molecule has 3 heteroatoms. The van der Waals surface area contributed by atoms with E-state index in [1.54, 1.807) is 0 Å². The van der Waals surface area contributed by atoms with E-state index in [1.807, 2.05) is 13.8 Å². The summed E-state index contributed by atoms with van der Waals surface area (Å²) in [6.07, 6.45) is 5.69. The second kappa shape index (κ2) is 7.19. The van der Waals surface area contributed by atoms with Crippen LogP contribution in [-0.2, 0) is 17.8 Å². The van der Waals surface area contributed by atoms with E-state index >= 15 is 0 Å². The van der Waals surface area contributed by atoms with E-state index in [-0.39, 0.29) is 11.3 Å². The third-order valence-corrected chi connectivity index (χ3v) is 4.74. The Balaban J connectivity index is 1.66. The minimum absolute atomic E-state index is 0.0649. The Morgan fingerprint density at radius 1 is 1.19 bits per heavy atom. The van der Waals surface area contributed by atoms with Gasteiger partial charge in [-0.3, -0.25) is 10.6 Å². The molecule has 3 nitrogen and oxygen atoms in total. The van der Waals surface area contributed by atoms with Crippen LogP contribution in [0.25, 0.3) is 0 Å². The Kier molecular flexibility index (Phi) is 5.54. The number of carbonyl (C=O) groups is 1. The number of carbonyl (C=O) groups excluding carboxylic acids is 1. The summed E-state index contributed by atoms with van der Waals surface area (Å²) in [6, 6.07) is 8.79. The molecule has 1 aliphatic rings. The largest absolute Gasteiger partial charge is 0.314 e. The van der Waals surface area contributed by atoms with Crippen molar-refractivity contribution < 1.29 is 10.5 Å². The fourth-order valence-corrected chi connectivity index (χ4v) is 2.96. The third kappa shape index (κ3) is 4.65. The highest BCUT2D eigenvalue weighted by Crippen LogP contribution is 2.23. The van der Waals surface area contributed by atoms with Crippen molar-refractivity contribution in [2.45, 2.75) is 52.5 Å². The van der Waals surface area contributed by atoms with Crippen LogP contribution in [0.1, 0.15) is 50.7 Å². The van der Waals surface area contributed by atoms with E-state index in [2.05, 4.69) is 34.9 Å². The first-order valence-electron chi connectivity index (χ1n) is 8.14. The minimum Gasteiger partial charge on any atom is -0.299 e. The molecule has 0 saturated heterocycles. The topological polar surface area (TPSA) is 48.0 Å². The first kappa shape index (κ1) is 16.2. The number of benzene rings is 1. The number of hydrogen-bond donors (Lipinski definition) is 1. The summed E-state index contributed by atoms with van der Waals surface area (Å²) in [4.78, 5) is 13.9. The standard InChI is InChI=1S/C18H28N2O/c1-18(2,17(19)21)11-6-3-7-12-20-13-10-15-8-4-5-9-16(15)14-20/h4-5,8-9H,3,6-7,10-14H2,1-2H3,(H2,19,21)/p+1. The molecule has 1 heterocycles. The number of rotatable bonds is 7. The molecule has 0 aliphatic carbocycles. The fourth-order valence-electron chi connectivity index (χ4n) is 2.96. The molecule has 21 heavy (non-hydrogen) atoms. The van der Waals surface area contributed by atoms with Crippen molar-refractivity contribution in [3.63, 3.8) is 0 Å². The molecule has 0 unspecified atom stereocenters. The maximum atomic E-state index is 11.4. The monoisotopic (exact) mass is 289 g/mol. The lowest BCUT2D eigenvalue weighted by Crippen LogP contribution is -2.63. The smallest absolute Gasteiger partial charge is 0.299 e. The quantitative estimate of drug-likeness (QED) is 0.784. The molecule has 0 saturated carbocycles. The molecule has 1 aromatic rings. The number of quaternary nitrogens is 1. The van der Waals surface area contributed by atoms with Gasteiger partial charge in [0.2, 0.25) is 0 Å². The van der Waals surface area contributed by atoms with Crippen molar-refractivity contribution in [3.05, 3.63) is 35.4 Å². The van der Waals surface area contributed by atoms with Crippen molar-refractivity contribution in [2.24, 2.45) is 5.41 Å². The Bertz CT molecular complexity index is 482. The van der Waals surface area contributed by atoms with Gasteiger partial charge in [0.25, 0.3) is 0 Å². The predicted molar refractivity (Wildman–Crippen MR) is 85.6 cm³/mol. The zero-order chi connectivity index (χ0) is 15.3. The minimum atomic E-state index is -0.246. The van der Waals surface area contributed by atoms with Crippen molar-refractivity contribution >= 4 is 5.91 Å². The molecule has 3 N–H and O–H groups in total. The maximum Gasteiger partial charge on any atom is 0.314 e. The second-order valence-corrected chi connectivity index (χ2v) is 6.91. The number of unbranched alkanes of at least 4 members (excludes halogenated alkanes) is 2. The van der Waals surface area contributed by atoms with Gasteiger partial charge in [0.15, 0.2) is 0 Å². The molecule has 0 atom stereocenters. The van der Waals surface area contributed by atoms with Gasteiger partial charge in [-0.05, 0) is 50.8 Å². The van der Waals surface area contributed by atoms with E-state index in [1.165, 1.54) is 43.5 Å². The molecule has 0 bridgehead atoms. The summed E-state index contributed by atoms with van der Waals surface area (Å²) in [5.74, 6) is 0.0649. The second-order valence-electron chi connectivity index (χ2n) is 6.91. The summed E-state index contributed by atoms with van der Waals surface area (Å²) >= 11 is 0. The molecule has 0 radical (unpaired) electrons. The van der Waals surface area contributed by atoms with Crippen LogP contribution in [0.5, 0.6) is 0 Å². The van der Waals surface area contributed by atoms with E-state index in [0.29, 0.717) is 0 Å². The molecular formula is C18H29N2O+. The lowest BCUT2D eigenvalue weighted by atomic mass is 9.86. The molecule has 0 aromatic heterocycles. The molecule has 2 rings (SSSR count). The molecule has 116 valence electrons. The van der Waals surface area contributed by atoms with Crippen LogP contribution in [0.3, 0.4) is 0 Å². The van der Waals surface area contributed by atoms with Crippen molar-refractivity contribution in [1.82, 2.24) is 4.90 Å². The highest BCUT2D eigenvalue weighted by Gasteiger charge is 2.27. The molecule has 1 aliphatic heterocycles. The Morgan fingerprint density at radius 3 is 2.62 bits per heavy atom. The first-order chi connectivity index (χ1) is 9.99. The zero-order valence-electron chi connectivity index (χ0n) is 13.5. The fraction of sp³-hybridized carbons (Fsp3) is 0.611. The van der Waals surface area contributed by atoms with E-state index < -0.39 is 0 Å². The Morgan fingerprint density at radius 2 is 1.90 bits per heavy atom. The van der Waals surface area contributed by atoms with Crippen LogP contribution in [0, 0.1) is 5.41 Å². The van der Waals surface area contributed by atoms with Crippen molar-refractivity contribution in [3.8, 4) is 0 Å². The number of amides is 1. The normalized spacial score (nSPS) is 15.8. The van der Waals surface area contributed by atoms with Gasteiger partial charge in [-0.2, -0.15) is 0 Å². The molecular weight excluding hydrogens is 260 g/mol. The number of fused-ring (bicyclic) bond motifs is 1. The summed E-state index contributed by atoms with van der Waals surface area (Å²) in [7, 11) is 0. The molecule has 0 fully saturated rings. The van der Waals surface area contributed by atoms with E-state index in [9.17, 15) is 4.79 Å². The van der Waals surface area contributed by atoms with Gasteiger partial charge < -0.3 is 0 Å². The van der Waals surface area contributed by atoms with Gasteiger partial charge in [0.1, 0.15) is 0 Å². The lowest BCUT2D eigenvalue weighted by Gasteiger charge is -2.28. The maximum absolute atomic E-state index is 11.4. The van der Waals surface area contributed by atoms with Gasteiger partial charge in [0.05, 0.1) is 5.41 Å². The predicted octanol–water partition coefficient (Wildman–Crippen LogP) is 2.40. The average Bonchev–Trinajstić information content (AvgIpc) is 2.46. The van der Waals surface area contributed by atoms with Crippen molar-refractivity contribution in [1.29, 1.82) is 0 Å². The third-order valence-electron chi connectivity index (χ3n) is 4.74. The highest BCUT2D eigenvalue weighted by molar-refractivity contribution is 5.71. The molecule has 1 amide bonds. The van der Waals surface area contributed by atoms with Gasteiger partial charge in [-0.1, -0.05) is 37.1 Å². The first-order valence-corrected chi connectivity index (χ1v) is 8.14. The molecule has 0 spiro atoms. The summed E-state index contributed by atoms with van der Waals surface area (Å²) in [5, 5.41) is 0. The Hall–Kier alpha value is -1.19. The Labute approximate surface area is 128 Å². The van der Waals surface area contributed by atoms with Gasteiger partial charge >= 0.3 is 5.91 Å². The van der Waals surface area contributed by atoms with E-state index in [4.69, 9.17) is 0 Å². The van der Waals surface area contributed by atoms with Crippen LogP contribution in [0.15, 0.2) is 24.3 Å². The number of nitrogens with zero attached hydrogens (tertiary/aromatic N) is 1. The summed E-state index contributed by atoms with van der Waals surface area (Å²) in [6.45, 7) is 7.46.